The number of carbonyl (C=O) groups excluding carboxylic acids is 2. The van der Waals surface area contributed by atoms with Crippen molar-refractivity contribution in [3.8, 4) is 0 Å². The Kier molecular flexibility index (Phi) is 6.38. The summed E-state index contributed by atoms with van der Waals surface area (Å²) in [7, 11) is 0. The lowest BCUT2D eigenvalue weighted by molar-refractivity contribution is -0.123. The van der Waals surface area contributed by atoms with Crippen molar-refractivity contribution >= 4 is 28.3 Å². The maximum atomic E-state index is 12.5. The summed E-state index contributed by atoms with van der Waals surface area (Å²) in [5.74, 6) is -0.421. The molecule has 0 fully saturated rings. The van der Waals surface area contributed by atoms with Crippen molar-refractivity contribution in [3.05, 3.63) is 114 Å². The SMILES string of the molecule is O=C(Cc1cccc2ccccc12)NCC(=O)Nc1ccccc1Cc1ccccc1. The summed E-state index contributed by atoms with van der Waals surface area (Å²) in [5, 5.41) is 7.81. The second-order valence-corrected chi connectivity index (χ2v) is 7.46. The Morgan fingerprint density at radius 3 is 2.19 bits per heavy atom. The highest BCUT2D eigenvalue weighted by Gasteiger charge is 2.11. The van der Waals surface area contributed by atoms with E-state index in [1.54, 1.807) is 0 Å². The van der Waals surface area contributed by atoms with E-state index in [0.717, 1.165) is 34.0 Å². The molecule has 4 aromatic carbocycles. The monoisotopic (exact) mass is 408 g/mol. The molecule has 4 nitrogen and oxygen atoms in total. The summed E-state index contributed by atoms with van der Waals surface area (Å²) in [6, 6.07) is 31.7. The molecule has 4 aromatic rings. The number of rotatable bonds is 7. The number of anilines is 1. The fraction of sp³-hybridized carbons (Fsp3) is 0.111. The molecule has 31 heavy (non-hydrogen) atoms. The number of hydrogen-bond donors (Lipinski definition) is 2. The number of para-hydroxylation sites is 1. The fourth-order valence-corrected chi connectivity index (χ4v) is 3.67. The first-order valence-corrected chi connectivity index (χ1v) is 10.3. The van der Waals surface area contributed by atoms with Gasteiger partial charge < -0.3 is 10.6 Å². The Hall–Kier alpha value is -3.92. The lowest BCUT2D eigenvalue weighted by Gasteiger charge is -2.12. The molecule has 0 aliphatic rings. The average molecular weight is 409 g/mol. The molecule has 0 bridgehead atoms. The first kappa shape index (κ1) is 20.4. The molecule has 0 saturated carbocycles. The molecule has 0 radical (unpaired) electrons. The molecule has 154 valence electrons. The molecule has 2 N–H and O–H groups in total. The average Bonchev–Trinajstić information content (AvgIpc) is 2.80. The van der Waals surface area contributed by atoms with Crippen LogP contribution in [0.25, 0.3) is 10.8 Å². The van der Waals surface area contributed by atoms with Crippen molar-refractivity contribution in [1.29, 1.82) is 0 Å². The molecule has 2 amide bonds. The standard InChI is InChI=1S/C27H24N2O2/c30-26(18-22-14-8-13-21-11-4-6-15-24(21)22)28-19-27(31)29-25-16-7-5-12-23(25)17-20-9-2-1-3-10-20/h1-16H,17-19H2,(H,28,30)(H,29,31). The minimum absolute atomic E-state index is 0.0662. The minimum Gasteiger partial charge on any atom is -0.347 e. The Morgan fingerprint density at radius 2 is 1.32 bits per heavy atom. The first-order valence-electron chi connectivity index (χ1n) is 10.3. The van der Waals surface area contributed by atoms with Gasteiger partial charge in [-0.15, -0.1) is 0 Å². The Bertz CT molecular complexity index is 1200. The summed E-state index contributed by atoms with van der Waals surface area (Å²) in [6.07, 6.45) is 0.962. The maximum Gasteiger partial charge on any atom is 0.243 e. The third kappa shape index (κ3) is 5.37. The first-order chi connectivity index (χ1) is 15.2. The van der Waals surface area contributed by atoms with Crippen LogP contribution in [0.1, 0.15) is 16.7 Å². The van der Waals surface area contributed by atoms with E-state index in [0.29, 0.717) is 0 Å². The van der Waals surface area contributed by atoms with Gasteiger partial charge in [0.05, 0.1) is 13.0 Å². The molecule has 0 aliphatic carbocycles. The van der Waals surface area contributed by atoms with Crippen LogP contribution < -0.4 is 10.6 Å². The second kappa shape index (κ2) is 9.72. The van der Waals surface area contributed by atoms with Crippen LogP contribution in [0.4, 0.5) is 5.69 Å². The van der Waals surface area contributed by atoms with E-state index in [9.17, 15) is 9.59 Å². The van der Waals surface area contributed by atoms with E-state index in [1.807, 2.05) is 84.9 Å². The highest BCUT2D eigenvalue weighted by molar-refractivity contribution is 5.96. The van der Waals surface area contributed by atoms with Gasteiger partial charge in [0.25, 0.3) is 0 Å². The van der Waals surface area contributed by atoms with Gasteiger partial charge in [0, 0.05) is 5.69 Å². The van der Waals surface area contributed by atoms with E-state index < -0.39 is 0 Å². The van der Waals surface area contributed by atoms with Crippen molar-refractivity contribution < 1.29 is 9.59 Å². The minimum atomic E-state index is -0.244. The van der Waals surface area contributed by atoms with E-state index in [-0.39, 0.29) is 24.8 Å². The number of fused-ring (bicyclic) bond motifs is 1. The van der Waals surface area contributed by atoms with Gasteiger partial charge in [0.2, 0.25) is 11.8 Å². The largest absolute Gasteiger partial charge is 0.347 e. The van der Waals surface area contributed by atoms with E-state index in [4.69, 9.17) is 0 Å². The van der Waals surface area contributed by atoms with Crippen LogP contribution >= 0.6 is 0 Å². The third-order valence-electron chi connectivity index (χ3n) is 5.21. The summed E-state index contributed by atoms with van der Waals surface area (Å²) in [4.78, 5) is 24.9. The molecule has 4 rings (SSSR count). The van der Waals surface area contributed by atoms with Crippen LogP contribution in [0.2, 0.25) is 0 Å². The summed E-state index contributed by atoms with van der Waals surface area (Å²) < 4.78 is 0. The number of hydrogen-bond acceptors (Lipinski definition) is 2. The zero-order valence-electron chi connectivity index (χ0n) is 17.2. The van der Waals surface area contributed by atoms with Crippen molar-refractivity contribution in [1.82, 2.24) is 5.32 Å². The van der Waals surface area contributed by atoms with Crippen molar-refractivity contribution in [2.45, 2.75) is 12.8 Å². The molecule has 4 heteroatoms. The lowest BCUT2D eigenvalue weighted by Crippen LogP contribution is -2.34. The summed E-state index contributed by atoms with van der Waals surface area (Å²) >= 11 is 0. The molecule has 0 spiro atoms. The predicted octanol–water partition coefficient (Wildman–Crippen LogP) is 4.73. The van der Waals surface area contributed by atoms with Gasteiger partial charge in [-0.3, -0.25) is 9.59 Å². The van der Waals surface area contributed by atoms with Crippen LogP contribution in [-0.2, 0) is 22.4 Å². The molecular formula is C27H24N2O2. The number of amides is 2. The Labute approximate surface area is 181 Å². The highest BCUT2D eigenvalue weighted by Crippen LogP contribution is 2.20. The number of benzene rings is 4. The van der Waals surface area contributed by atoms with Crippen LogP contribution in [0, 0.1) is 0 Å². The topological polar surface area (TPSA) is 58.2 Å². The maximum absolute atomic E-state index is 12.5. The molecule has 0 unspecified atom stereocenters. The lowest BCUT2D eigenvalue weighted by atomic mass is 10.0. The van der Waals surface area contributed by atoms with Crippen LogP contribution in [-0.4, -0.2) is 18.4 Å². The smallest absolute Gasteiger partial charge is 0.243 e. The van der Waals surface area contributed by atoms with Crippen molar-refractivity contribution in [2.24, 2.45) is 0 Å². The van der Waals surface area contributed by atoms with Gasteiger partial charge in [0.15, 0.2) is 0 Å². The molecule has 0 heterocycles. The zero-order valence-corrected chi connectivity index (χ0v) is 17.2. The third-order valence-corrected chi connectivity index (χ3v) is 5.21. The van der Waals surface area contributed by atoms with Gasteiger partial charge >= 0.3 is 0 Å². The molecule has 0 aliphatic heterocycles. The van der Waals surface area contributed by atoms with Crippen LogP contribution in [0.3, 0.4) is 0 Å². The van der Waals surface area contributed by atoms with Gasteiger partial charge in [-0.2, -0.15) is 0 Å². The molecule has 0 atom stereocenters. The highest BCUT2D eigenvalue weighted by atomic mass is 16.2. The quantitative estimate of drug-likeness (QED) is 0.465. The van der Waals surface area contributed by atoms with Crippen LogP contribution in [0.5, 0.6) is 0 Å². The van der Waals surface area contributed by atoms with Gasteiger partial charge in [-0.1, -0.05) is 91.0 Å². The fourth-order valence-electron chi connectivity index (χ4n) is 3.67. The number of carbonyl (C=O) groups is 2. The number of nitrogens with one attached hydrogen (secondary N) is 2. The van der Waals surface area contributed by atoms with Crippen molar-refractivity contribution in [3.63, 3.8) is 0 Å². The Balaban J connectivity index is 1.35. The Morgan fingerprint density at radius 1 is 0.645 bits per heavy atom. The van der Waals surface area contributed by atoms with Gasteiger partial charge in [-0.25, -0.2) is 0 Å². The normalized spacial score (nSPS) is 10.6. The predicted molar refractivity (Wildman–Crippen MR) is 125 cm³/mol. The van der Waals surface area contributed by atoms with Crippen molar-refractivity contribution in [2.75, 3.05) is 11.9 Å². The van der Waals surface area contributed by atoms with E-state index in [1.165, 1.54) is 5.56 Å². The molecule has 0 saturated heterocycles. The van der Waals surface area contributed by atoms with E-state index >= 15 is 0 Å². The van der Waals surface area contributed by atoms with Gasteiger partial charge in [-0.05, 0) is 39.9 Å². The van der Waals surface area contributed by atoms with Gasteiger partial charge in [0.1, 0.15) is 0 Å². The van der Waals surface area contributed by atoms with Crippen LogP contribution in [0.15, 0.2) is 97.1 Å². The molecule has 0 aromatic heterocycles. The second-order valence-electron chi connectivity index (χ2n) is 7.46. The summed E-state index contributed by atoms with van der Waals surface area (Å²) in [6.45, 7) is -0.0662. The molecular weight excluding hydrogens is 384 g/mol. The zero-order chi connectivity index (χ0) is 21.5. The van der Waals surface area contributed by atoms with E-state index in [2.05, 4.69) is 22.8 Å². The summed E-state index contributed by atoms with van der Waals surface area (Å²) in [5.41, 5.74) is 3.92.